The normalized spacial score (nSPS) is 16.7. The molecule has 1 aliphatic heterocycles. The van der Waals surface area contributed by atoms with E-state index in [0.29, 0.717) is 30.3 Å². The third-order valence-electron chi connectivity index (χ3n) is 4.25. The van der Waals surface area contributed by atoms with Gasteiger partial charge in [0.2, 0.25) is 10.0 Å². The number of benzene rings is 1. The molecule has 0 aliphatic carbocycles. The molecule has 1 saturated heterocycles. The Bertz CT molecular complexity index is 605. The second-order valence-electron chi connectivity index (χ2n) is 6.05. The predicted octanol–water partition coefficient (Wildman–Crippen LogP) is 3.66. The van der Waals surface area contributed by atoms with Gasteiger partial charge >= 0.3 is 0 Å². The number of hydrogen-bond acceptors (Lipinski definition) is 3. The predicted molar refractivity (Wildman–Crippen MR) is 88.9 cm³/mol. The third kappa shape index (κ3) is 3.82. The first-order valence-electron chi connectivity index (χ1n) is 8.21. The maximum atomic E-state index is 13.0. The summed E-state index contributed by atoms with van der Waals surface area (Å²) in [5.74, 6) is 0.502. The molecule has 4 nitrogen and oxygen atoms in total. The summed E-state index contributed by atoms with van der Waals surface area (Å²) >= 11 is 0. The minimum atomic E-state index is -3.46. The Morgan fingerprint density at radius 1 is 1.09 bits per heavy atom. The molecule has 5 heteroatoms. The van der Waals surface area contributed by atoms with Crippen LogP contribution in [0.5, 0.6) is 5.75 Å². The first-order valence-corrected chi connectivity index (χ1v) is 9.65. The minimum Gasteiger partial charge on any atom is -0.492 e. The lowest BCUT2D eigenvalue weighted by molar-refractivity contribution is 0.298. The van der Waals surface area contributed by atoms with E-state index in [-0.39, 0.29) is 0 Å². The van der Waals surface area contributed by atoms with Crippen molar-refractivity contribution in [1.82, 2.24) is 4.31 Å². The van der Waals surface area contributed by atoms with Crippen LogP contribution in [0.1, 0.15) is 50.2 Å². The molecule has 1 heterocycles. The fourth-order valence-corrected chi connectivity index (χ4v) is 4.36. The van der Waals surface area contributed by atoms with Gasteiger partial charge in [-0.05, 0) is 56.4 Å². The van der Waals surface area contributed by atoms with Crippen molar-refractivity contribution in [3.8, 4) is 5.75 Å². The van der Waals surface area contributed by atoms with Crippen LogP contribution in [0.2, 0.25) is 0 Å². The topological polar surface area (TPSA) is 46.6 Å². The molecule has 0 amide bonds. The molecule has 124 valence electrons. The lowest BCUT2D eigenvalue weighted by Gasteiger charge is -2.27. The summed E-state index contributed by atoms with van der Waals surface area (Å²) in [5.41, 5.74) is 2.04. The van der Waals surface area contributed by atoms with E-state index in [2.05, 4.69) is 6.92 Å². The Morgan fingerprint density at radius 3 is 2.36 bits per heavy atom. The highest BCUT2D eigenvalue weighted by Crippen LogP contribution is 2.31. The molecule has 1 aliphatic rings. The smallest absolute Gasteiger partial charge is 0.246 e. The van der Waals surface area contributed by atoms with Gasteiger partial charge in [0.1, 0.15) is 10.6 Å². The molecule has 1 aromatic carbocycles. The van der Waals surface area contributed by atoms with Crippen molar-refractivity contribution in [1.29, 1.82) is 0 Å². The molecular weight excluding hydrogens is 298 g/mol. The van der Waals surface area contributed by atoms with Gasteiger partial charge in [-0.2, -0.15) is 4.31 Å². The second-order valence-corrected chi connectivity index (χ2v) is 7.96. The summed E-state index contributed by atoms with van der Waals surface area (Å²) in [6.07, 6.45) is 4.94. The average Bonchev–Trinajstić information content (AvgIpc) is 2.51. The first-order chi connectivity index (χ1) is 10.5. The summed E-state index contributed by atoms with van der Waals surface area (Å²) in [6, 6.07) is 3.63. The summed E-state index contributed by atoms with van der Waals surface area (Å²) in [5, 5.41) is 0. The SMILES string of the molecule is CCCCOc1cc(C)c(C)cc1S(=O)(=O)N1CCCCC1. The summed E-state index contributed by atoms with van der Waals surface area (Å²) in [7, 11) is -3.46. The Balaban J connectivity index is 2.36. The van der Waals surface area contributed by atoms with Gasteiger partial charge in [0.15, 0.2) is 0 Å². The van der Waals surface area contributed by atoms with Crippen LogP contribution in [0, 0.1) is 13.8 Å². The van der Waals surface area contributed by atoms with Crippen molar-refractivity contribution in [3.63, 3.8) is 0 Å². The molecule has 0 N–H and O–H groups in total. The van der Waals surface area contributed by atoms with E-state index in [9.17, 15) is 8.42 Å². The number of rotatable bonds is 6. The molecule has 2 rings (SSSR count). The first kappa shape index (κ1) is 17.3. The second kappa shape index (κ2) is 7.47. The molecule has 0 spiro atoms. The van der Waals surface area contributed by atoms with Crippen molar-refractivity contribution in [3.05, 3.63) is 23.3 Å². The molecule has 0 radical (unpaired) electrons. The number of hydrogen-bond donors (Lipinski definition) is 0. The van der Waals surface area contributed by atoms with E-state index in [1.165, 1.54) is 0 Å². The molecule has 0 saturated carbocycles. The van der Waals surface area contributed by atoms with Crippen LogP contribution >= 0.6 is 0 Å². The van der Waals surface area contributed by atoms with Crippen LogP contribution in [-0.2, 0) is 10.0 Å². The van der Waals surface area contributed by atoms with Gasteiger partial charge in [0.25, 0.3) is 0 Å². The van der Waals surface area contributed by atoms with Crippen LogP contribution in [0.15, 0.2) is 17.0 Å². The Hall–Kier alpha value is -1.07. The highest BCUT2D eigenvalue weighted by Gasteiger charge is 2.29. The number of aryl methyl sites for hydroxylation is 2. The molecule has 1 fully saturated rings. The number of sulfonamides is 1. The summed E-state index contributed by atoms with van der Waals surface area (Å²) < 4.78 is 33.3. The van der Waals surface area contributed by atoms with E-state index in [0.717, 1.165) is 43.2 Å². The molecule has 1 aromatic rings. The van der Waals surface area contributed by atoms with Crippen LogP contribution in [0.4, 0.5) is 0 Å². The molecule has 0 unspecified atom stereocenters. The van der Waals surface area contributed by atoms with Crippen molar-refractivity contribution in [2.45, 2.75) is 57.8 Å². The third-order valence-corrected chi connectivity index (χ3v) is 6.17. The van der Waals surface area contributed by atoms with E-state index in [4.69, 9.17) is 4.74 Å². The van der Waals surface area contributed by atoms with Gasteiger partial charge in [-0.15, -0.1) is 0 Å². The molecule has 22 heavy (non-hydrogen) atoms. The van der Waals surface area contributed by atoms with Crippen LogP contribution < -0.4 is 4.74 Å². The molecule has 0 aromatic heterocycles. The Labute approximate surface area is 134 Å². The highest BCUT2D eigenvalue weighted by molar-refractivity contribution is 7.89. The fourth-order valence-electron chi connectivity index (χ4n) is 2.65. The number of piperidine rings is 1. The van der Waals surface area contributed by atoms with E-state index in [1.54, 1.807) is 10.4 Å². The van der Waals surface area contributed by atoms with Crippen molar-refractivity contribution < 1.29 is 13.2 Å². The lowest BCUT2D eigenvalue weighted by atomic mass is 10.1. The zero-order chi connectivity index (χ0) is 16.2. The standard InChI is InChI=1S/C17H27NO3S/c1-4-5-11-21-16-12-14(2)15(3)13-17(16)22(19,20)18-9-7-6-8-10-18/h12-13H,4-11H2,1-3H3. The maximum Gasteiger partial charge on any atom is 0.246 e. The van der Waals surface area contributed by atoms with Crippen molar-refractivity contribution in [2.24, 2.45) is 0 Å². The van der Waals surface area contributed by atoms with Gasteiger partial charge in [-0.3, -0.25) is 0 Å². The largest absolute Gasteiger partial charge is 0.492 e. The van der Waals surface area contributed by atoms with E-state index < -0.39 is 10.0 Å². The van der Waals surface area contributed by atoms with Crippen LogP contribution in [0.3, 0.4) is 0 Å². The molecular formula is C17H27NO3S. The Kier molecular flexibility index (Phi) is 5.87. The van der Waals surface area contributed by atoms with Gasteiger partial charge in [0.05, 0.1) is 6.61 Å². The van der Waals surface area contributed by atoms with Gasteiger partial charge < -0.3 is 4.74 Å². The lowest BCUT2D eigenvalue weighted by Crippen LogP contribution is -2.35. The van der Waals surface area contributed by atoms with E-state index in [1.807, 2.05) is 19.9 Å². The monoisotopic (exact) mass is 325 g/mol. The highest BCUT2D eigenvalue weighted by atomic mass is 32.2. The van der Waals surface area contributed by atoms with Gasteiger partial charge in [-0.1, -0.05) is 19.8 Å². The van der Waals surface area contributed by atoms with Crippen molar-refractivity contribution >= 4 is 10.0 Å². The fraction of sp³-hybridized carbons (Fsp3) is 0.647. The van der Waals surface area contributed by atoms with Crippen molar-refractivity contribution in [2.75, 3.05) is 19.7 Å². The van der Waals surface area contributed by atoms with Gasteiger partial charge in [0, 0.05) is 13.1 Å². The minimum absolute atomic E-state index is 0.327. The van der Waals surface area contributed by atoms with Gasteiger partial charge in [-0.25, -0.2) is 8.42 Å². The molecule has 0 bridgehead atoms. The average molecular weight is 325 g/mol. The zero-order valence-corrected chi connectivity index (χ0v) is 14.7. The zero-order valence-electron chi connectivity index (χ0n) is 13.9. The quantitative estimate of drug-likeness (QED) is 0.750. The van der Waals surface area contributed by atoms with E-state index >= 15 is 0 Å². The molecule has 0 atom stereocenters. The summed E-state index contributed by atoms with van der Waals surface area (Å²) in [4.78, 5) is 0.327. The number of nitrogens with zero attached hydrogens (tertiary/aromatic N) is 1. The van der Waals surface area contributed by atoms with Crippen LogP contribution in [-0.4, -0.2) is 32.4 Å². The maximum absolute atomic E-state index is 13.0. The Morgan fingerprint density at radius 2 is 1.73 bits per heavy atom. The van der Waals surface area contributed by atoms with Crippen LogP contribution in [0.25, 0.3) is 0 Å². The number of ether oxygens (including phenoxy) is 1. The summed E-state index contributed by atoms with van der Waals surface area (Å²) in [6.45, 7) is 7.81. The number of unbranched alkanes of at least 4 members (excludes halogenated alkanes) is 1.